The van der Waals surface area contributed by atoms with Crippen LogP contribution < -0.4 is 0 Å². The van der Waals surface area contributed by atoms with Gasteiger partial charge in [0.05, 0.1) is 18.8 Å². The first-order valence-electron chi connectivity index (χ1n) is 6.07. The van der Waals surface area contributed by atoms with Gasteiger partial charge in [-0.3, -0.25) is 0 Å². The summed E-state index contributed by atoms with van der Waals surface area (Å²) in [6.07, 6.45) is 2.05. The Morgan fingerprint density at radius 1 is 1.25 bits per heavy atom. The van der Waals surface area contributed by atoms with Crippen molar-refractivity contribution in [1.29, 1.82) is 0 Å². The minimum absolute atomic E-state index is 0.158. The molecule has 2 aliphatic heterocycles. The topological polar surface area (TPSA) is 51.2 Å². The Hall–Kier alpha value is -0.160. The van der Waals surface area contributed by atoms with Crippen LogP contribution in [0.2, 0.25) is 0 Å². The summed E-state index contributed by atoms with van der Waals surface area (Å²) >= 11 is 0. The van der Waals surface area contributed by atoms with E-state index >= 15 is 0 Å². The largest absolute Gasteiger partial charge is 0.393 e. The maximum absolute atomic E-state index is 9.91. The van der Waals surface area contributed by atoms with Gasteiger partial charge in [0.25, 0.3) is 0 Å². The fourth-order valence-electron chi connectivity index (χ4n) is 3.35. The molecule has 0 amide bonds. The normalized spacial score (nSPS) is 54.8. The number of epoxide rings is 1. The molecular weight excluding hydrogens is 208 g/mol. The molecule has 0 unspecified atom stereocenters. The van der Waals surface area contributed by atoms with Crippen LogP contribution in [-0.2, 0) is 14.2 Å². The standard InChI is InChI=1S/C12H20O4/c1-10(2)14-5-4-12(16-10)7-8(13)6-9-11(12,3)15-9/h8-9,13H,4-7H2,1-3H3/t8-,9+,11+,12-/m1/s1. The van der Waals surface area contributed by atoms with E-state index < -0.39 is 5.79 Å². The van der Waals surface area contributed by atoms with Gasteiger partial charge >= 0.3 is 0 Å². The van der Waals surface area contributed by atoms with Crippen LogP contribution in [0.4, 0.5) is 0 Å². The van der Waals surface area contributed by atoms with Crippen molar-refractivity contribution in [2.75, 3.05) is 6.61 Å². The number of aliphatic hydroxyl groups is 1. The molecule has 0 radical (unpaired) electrons. The number of rotatable bonds is 0. The molecule has 1 aliphatic carbocycles. The zero-order valence-electron chi connectivity index (χ0n) is 10.2. The fourth-order valence-corrected chi connectivity index (χ4v) is 3.35. The van der Waals surface area contributed by atoms with Crippen molar-refractivity contribution in [3.63, 3.8) is 0 Å². The summed E-state index contributed by atoms with van der Waals surface area (Å²) in [5.41, 5.74) is -0.579. The van der Waals surface area contributed by atoms with Crippen LogP contribution in [0.5, 0.6) is 0 Å². The second kappa shape index (κ2) is 2.99. The van der Waals surface area contributed by atoms with Gasteiger partial charge in [0.15, 0.2) is 5.79 Å². The molecule has 3 aliphatic rings. The predicted octanol–water partition coefficient (Wildman–Crippen LogP) is 1.21. The molecule has 3 rings (SSSR count). The van der Waals surface area contributed by atoms with Crippen LogP contribution in [0.25, 0.3) is 0 Å². The lowest BCUT2D eigenvalue weighted by atomic mass is 9.72. The summed E-state index contributed by atoms with van der Waals surface area (Å²) in [6, 6.07) is 0. The highest BCUT2D eigenvalue weighted by atomic mass is 16.7. The van der Waals surface area contributed by atoms with E-state index in [1.807, 2.05) is 13.8 Å². The van der Waals surface area contributed by atoms with Crippen molar-refractivity contribution in [1.82, 2.24) is 0 Å². The summed E-state index contributed by atoms with van der Waals surface area (Å²) in [4.78, 5) is 0. The summed E-state index contributed by atoms with van der Waals surface area (Å²) < 4.78 is 17.5. The van der Waals surface area contributed by atoms with E-state index in [4.69, 9.17) is 14.2 Å². The van der Waals surface area contributed by atoms with E-state index in [0.717, 1.165) is 12.8 Å². The average molecular weight is 228 g/mol. The van der Waals surface area contributed by atoms with Gasteiger partial charge < -0.3 is 19.3 Å². The summed E-state index contributed by atoms with van der Waals surface area (Å²) in [6.45, 7) is 6.63. The Bertz CT molecular complexity index is 316. The molecule has 92 valence electrons. The van der Waals surface area contributed by atoms with E-state index in [2.05, 4.69) is 6.92 Å². The molecule has 16 heavy (non-hydrogen) atoms. The van der Waals surface area contributed by atoms with E-state index in [0.29, 0.717) is 13.0 Å². The molecule has 0 aromatic rings. The van der Waals surface area contributed by atoms with Crippen molar-refractivity contribution in [2.45, 2.75) is 69.2 Å². The lowest BCUT2D eigenvalue weighted by Crippen LogP contribution is -2.60. The zero-order valence-corrected chi connectivity index (χ0v) is 10.2. The lowest BCUT2D eigenvalue weighted by Gasteiger charge is -2.49. The predicted molar refractivity (Wildman–Crippen MR) is 57.0 cm³/mol. The number of fused-ring (bicyclic) bond motifs is 2. The van der Waals surface area contributed by atoms with Gasteiger partial charge in [-0.05, 0) is 20.8 Å². The quantitative estimate of drug-likeness (QED) is 0.633. The number of hydrogen-bond donors (Lipinski definition) is 1. The number of aliphatic hydroxyl groups excluding tert-OH is 1. The first-order valence-corrected chi connectivity index (χ1v) is 6.07. The molecule has 0 aromatic heterocycles. The highest BCUT2D eigenvalue weighted by Crippen LogP contribution is 2.58. The zero-order chi connectivity index (χ0) is 11.6. The Morgan fingerprint density at radius 2 is 2.00 bits per heavy atom. The van der Waals surface area contributed by atoms with Gasteiger partial charge in [0.1, 0.15) is 11.2 Å². The van der Waals surface area contributed by atoms with Crippen LogP contribution in [0.15, 0.2) is 0 Å². The molecule has 0 bridgehead atoms. The van der Waals surface area contributed by atoms with Crippen molar-refractivity contribution in [3.8, 4) is 0 Å². The number of hydrogen-bond acceptors (Lipinski definition) is 4. The van der Waals surface area contributed by atoms with Gasteiger partial charge in [0.2, 0.25) is 0 Å². The molecule has 4 heteroatoms. The molecule has 0 aromatic carbocycles. The lowest BCUT2D eigenvalue weighted by molar-refractivity contribution is -0.330. The first kappa shape index (κ1) is 11.0. The molecule has 4 atom stereocenters. The Kier molecular flexibility index (Phi) is 2.05. The summed E-state index contributed by atoms with van der Waals surface area (Å²) in [5.74, 6) is -0.575. The minimum Gasteiger partial charge on any atom is -0.393 e. The van der Waals surface area contributed by atoms with E-state index in [1.54, 1.807) is 0 Å². The summed E-state index contributed by atoms with van der Waals surface area (Å²) in [5, 5.41) is 9.91. The van der Waals surface area contributed by atoms with Gasteiger partial charge in [-0.1, -0.05) is 0 Å². The van der Waals surface area contributed by atoms with E-state index in [9.17, 15) is 5.11 Å². The second-order valence-electron chi connectivity index (χ2n) is 5.90. The molecule has 3 fully saturated rings. The highest BCUT2D eigenvalue weighted by Gasteiger charge is 2.71. The number of ether oxygens (including phenoxy) is 3. The van der Waals surface area contributed by atoms with Crippen LogP contribution >= 0.6 is 0 Å². The Labute approximate surface area is 95.9 Å². The molecule has 4 nitrogen and oxygen atoms in total. The van der Waals surface area contributed by atoms with Crippen LogP contribution in [0.3, 0.4) is 0 Å². The van der Waals surface area contributed by atoms with Gasteiger partial charge in [-0.15, -0.1) is 0 Å². The first-order chi connectivity index (χ1) is 7.37. The van der Waals surface area contributed by atoms with Gasteiger partial charge in [0, 0.05) is 19.3 Å². The van der Waals surface area contributed by atoms with Crippen molar-refractivity contribution in [3.05, 3.63) is 0 Å². The van der Waals surface area contributed by atoms with E-state index in [-0.39, 0.29) is 23.4 Å². The van der Waals surface area contributed by atoms with Crippen LogP contribution in [0.1, 0.15) is 40.0 Å². The second-order valence-corrected chi connectivity index (χ2v) is 5.90. The SMILES string of the molecule is CC1(C)OCC[C@]2(C[C@H](O)C[C@@H]3O[C@@]32C)O1. The minimum atomic E-state index is -0.575. The molecule has 1 saturated carbocycles. The molecule has 1 N–H and O–H groups in total. The van der Waals surface area contributed by atoms with Crippen molar-refractivity contribution < 1.29 is 19.3 Å². The Balaban J connectivity index is 1.90. The smallest absolute Gasteiger partial charge is 0.163 e. The van der Waals surface area contributed by atoms with Crippen LogP contribution in [0, 0.1) is 0 Å². The fraction of sp³-hybridized carbons (Fsp3) is 1.00. The van der Waals surface area contributed by atoms with Gasteiger partial charge in [-0.25, -0.2) is 0 Å². The maximum atomic E-state index is 9.91. The highest BCUT2D eigenvalue weighted by molar-refractivity contribution is 5.19. The summed E-state index contributed by atoms with van der Waals surface area (Å²) in [7, 11) is 0. The Morgan fingerprint density at radius 3 is 2.69 bits per heavy atom. The molecule has 2 heterocycles. The van der Waals surface area contributed by atoms with Crippen LogP contribution in [-0.4, -0.2) is 40.9 Å². The third-order valence-corrected chi connectivity index (χ3v) is 4.30. The van der Waals surface area contributed by atoms with Crippen molar-refractivity contribution >= 4 is 0 Å². The average Bonchev–Trinajstić information content (AvgIpc) is 2.75. The van der Waals surface area contributed by atoms with Crippen molar-refractivity contribution in [2.24, 2.45) is 0 Å². The van der Waals surface area contributed by atoms with E-state index in [1.165, 1.54) is 0 Å². The van der Waals surface area contributed by atoms with Gasteiger partial charge in [-0.2, -0.15) is 0 Å². The third kappa shape index (κ3) is 1.37. The third-order valence-electron chi connectivity index (χ3n) is 4.30. The molecule has 2 saturated heterocycles. The monoisotopic (exact) mass is 228 g/mol. The molecule has 1 spiro atoms. The maximum Gasteiger partial charge on any atom is 0.163 e. The molecular formula is C12H20O4.